The third-order valence-electron chi connectivity index (χ3n) is 3.91. The summed E-state index contributed by atoms with van der Waals surface area (Å²) in [5.41, 5.74) is 7.02. The lowest BCUT2D eigenvalue weighted by Crippen LogP contribution is -2.45. The normalized spacial score (nSPS) is 21.6. The molecule has 0 bridgehead atoms. The van der Waals surface area contributed by atoms with Gasteiger partial charge in [-0.3, -0.25) is 4.79 Å². The van der Waals surface area contributed by atoms with E-state index in [0.29, 0.717) is 13.0 Å². The first-order valence-electron chi connectivity index (χ1n) is 6.85. The van der Waals surface area contributed by atoms with Crippen molar-refractivity contribution >= 4 is 5.91 Å². The number of nitrogens with zero attached hydrogens (tertiary/aromatic N) is 1. The molecule has 1 aromatic carbocycles. The maximum atomic E-state index is 13.2. The topological polar surface area (TPSA) is 55.6 Å². The molecule has 0 aromatic heterocycles. The van der Waals surface area contributed by atoms with Gasteiger partial charge in [0.2, 0.25) is 5.91 Å². The molecule has 110 valence electrons. The molecule has 0 aliphatic carbocycles. The van der Waals surface area contributed by atoms with Crippen molar-refractivity contribution in [1.29, 1.82) is 0 Å². The summed E-state index contributed by atoms with van der Waals surface area (Å²) in [5, 5.41) is 0. The van der Waals surface area contributed by atoms with Gasteiger partial charge >= 0.3 is 0 Å². The quantitative estimate of drug-likeness (QED) is 0.913. The number of carbonyl (C=O) groups is 1. The Morgan fingerprint density at radius 1 is 1.45 bits per heavy atom. The van der Waals surface area contributed by atoms with Crippen molar-refractivity contribution in [2.75, 3.05) is 20.2 Å². The largest absolute Gasteiger partial charge is 0.497 e. The summed E-state index contributed by atoms with van der Waals surface area (Å²) in [6, 6.07) is 6.85. The van der Waals surface area contributed by atoms with Crippen LogP contribution in [0, 0.1) is 0 Å². The number of rotatable bonds is 4. The van der Waals surface area contributed by atoms with Crippen molar-refractivity contribution in [3.63, 3.8) is 0 Å². The second-order valence-corrected chi connectivity index (χ2v) is 5.26. The fourth-order valence-corrected chi connectivity index (χ4v) is 2.46. The third kappa shape index (κ3) is 3.10. The van der Waals surface area contributed by atoms with Gasteiger partial charge in [-0.15, -0.1) is 0 Å². The Morgan fingerprint density at radius 2 is 2.10 bits per heavy atom. The molecule has 1 fully saturated rings. The van der Waals surface area contributed by atoms with E-state index in [-0.39, 0.29) is 18.4 Å². The van der Waals surface area contributed by atoms with Crippen LogP contribution in [0.3, 0.4) is 0 Å². The van der Waals surface area contributed by atoms with Crippen LogP contribution in [0.25, 0.3) is 0 Å². The second-order valence-electron chi connectivity index (χ2n) is 5.26. The van der Waals surface area contributed by atoms with Crippen LogP contribution in [0.2, 0.25) is 0 Å². The lowest BCUT2D eigenvalue weighted by atomic mass is 9.93. The van der Waals surface area contributed by atoms with Crippen LogP contribution >= 0.6 is 0 Å². The minimum Gasteiger partial charge on any atom is -0.497 e. The molecule has 1 heterocycles. The maximum absolute atomic E-state index is 13.2. The molecule has 1 amide bonds. The van der Waals surface area contributed by atoms with E-state index in [1.165, 1.54) is 4.90 Å². The predicted molar refractivity (Wildman–Crippen MR) is 75.5 cm³/mol. The standard InChI is InChI=1S/C15H21FN2O2/c1-10(11-3-5-13(20-2)6-4-11)14(17)15(19)18-8-7-12(16)9-18/h3-6,10,12,14H,7-9,17H2,1-2H3/t10-,12-,14-/m0/s1. The number of halogens is 1. The summed E-state index contributed by atoms with van der Waals surface area (Å²) in [4.78, 5) is 13.8. The van der Waals surface area contributed by atoms with Crippen LogP contribution in [0.4, 0.5) is 4.39 Å². The smallest absolute Gasteiger partial charge is 0.240 e. The molecule has 1 aromatic rings. The maximum Gasteiger partial charge on any atom is 0.240 e. The van der Waals surface area contributed by atoms with Gasteiger partial charge in [-0.25, -0.2) is 4.39 Å². The molecule has 20 heavy (non-hydrogen) atoms. The number of carbonyl (C=O) groups excluding carboxylic acids is 1. The van der Waals surface area contributed by atoms with Crippen LogP contribution < -0.4 is 10.5 Å². The van der Waals surface area contributed by atoms with Crippen molar-refractivity contribution in [2.24, 2.45) is 5.73 Å². The van der Waals surface area contributed by atoms with E-state index in [9.17, 15) is 9.18 Å². The summed E-state index contributed by atoms with van der Waals surface area (Å²) >= 11 is 0. The van der Waals surface area contributed by atoms with Crippen molar-refractivity contribution in [1.82, 2.24) is 4.90 Å². The molecule has 0 spiro atoms. The molecule has 3 atom stereocenters. The second kappa shape index (κ2) is 6.22. The summed E-state index contributed by atoms with van der Waals surface area (Å²) in [6.07, 6.45) is -0.502. The number of benzene rings is 1. The zero-order chi connectivity index (χ0) is 14.7. The fraction of sp³-hybridized carbons (Fsp3) is 0.533. The van der Waals surface area contributed by atoms with Gasteiger partial charge < -0.3 is 15.4 Å². The predicted octanol–water partition coefficient (Wildman–Crippen LogP) is 1.70. The summed E-state index contributed by atoms with van der Waals surface area (Å²) in [5.74, 6) is 0.473. The number of alkyl halides is 1. The van der Waals surface area contributed by atoms with Gasteiger partial charge in [0.1, 0.15) is 11.9 Å². The highest BCUT2D eigenvalue weighted by atomic mass is 19.1. The minimum atomic E-state index is -0.914. The number of amides is 1. The highest BCUT2D eigenvalue weighted by molar-refractivity contribution is 5.83. The molecule has 1 saturated heterocycles. The summed E-state index contributed by atoms with van der Waals surface area (Å²) in [6.45, 7) is 2.54. The van der Waals surface area contributed by atoms with E-state index >= 15 is 0 Å². The highest BCUT2D eigenvalue weighted by Gasteiger charge is 2.31. The Balaban J connectivity index is 2.03. The Labute approximate surface area is 118 Å². The first kappa shape index (κ1) is 14.8. The van der Waals surface area contributed by atoms with Crippen molar-refractivity contribution in [3.05, 3.63) is 29.8 Å². The fourth-order valence-electron chi connectivity index (χ4n) is 2.46. The van der Waals surface area contributed by atoms with Gasteiger partial charge in [0.15, 0.2) is 0 Å². The van der Waals surface area contributed by atoms with E-state index in [4.69, 9.17) is 10.5 Å². The van der Waals surface area contributed by atoms with Crippen LogP contribution in [-0.2, 0) is 4.79 Å². The molecule has 0 radical (unpaired) electrons. The number of hydrogen-bond acceptors (Lipinski definition) is 3. The minimum absolute atomic E-state index is 0.118. The van der Waals surface area contributed by atoms with Gasteiger partial charge in [-0.2, -0.15) is 0 Å². The average molecular weight is 280 g/mol. The monoisotopic (exact) mass is 280 g/mol. The zero-order valence-electron chi connectivity index (χ0n) is 11.9. The highest BCUT2D eigenvalue weighted by Crippen LogP contribution is 2.23. The van der Waals surface area contributed by atoms with Crippen molar-refractivity contribution in [3.8, 4) is 5.75 Å². The first-order chi connectivity index (χ1) is 9.52. The van der Waals surface area contributed by atoms with E-state index in [2.05, 4.69) is 0 Å². The SMILES string of the molecule is COc1ccc([C@H](C)[C@H](N)C(=O)N2CC[C@H](F)C2)cc1. The van der Waals surface area contributed by atoms with E-state index in [0.717, 1.165) is 11.3 Å². The number of hydrogen-bond donors (Lipinski definition) is 1. The van der Waals surface area contributed by atoms with Gasteiger partial charge in [0.25, 0.3) is 0 Å². The molecular formula is C15H21FN2O2. The van der Waals surface area contributed by atoms with Gasteiger partial charge in [0.05, 0.1) is 19.7 Å². The van der Waals surface area contributed by atoms with Gasteiger partial charge in [-0.05, 0) is 24.1 Å². The molecule has 0 unspecified atom stereocenters. The van der Waals surface area contributed by atoms with Gasteiger partial charge in [-0.1, -0.05) is 19.1 Å². The summed E-state index contributed by atoms with van der Waals surface area (Å²) < 4.78 is 18.3. The molecule has 2 rings (SSSR count). The Kier molecular flexibility index (Phi) is 4.60. The third-order valence-corrected chi connectivity index (χ3v) is 3.91. The molecule has 1 aliphatic rings. The van der Waals surface area contributed by atoms with Crippen molar-refractivity contribution < 1.29 is 13.9 Å². The van der Waals surface area contributed by atoms with E-state index < -0.39 is 12.2 Å². The Morgan fingerprint density at radius 3 is 2.60 bits per heavy atom. The molecule has 5 heteroatoms. The van der Waals surface area contributed by atoms with Crippen LogP contribution in [0.15, 0.2) is 24.3 Å². The number of likely N-dealkylation sites (tertiary alicyclic amines) is 1. The lowest BCUT2D eigenvalue weighted by Gasteiger charge is -2.25. The first-order valence-corrected chi connectivity index (χ1v) is 6.85. The zero-order valence-corrected chi connectivity index (χ0v) is 11.9. The van der Waals surface area contributed by atoms with Crippen LogP contribution in [0.5, 0.6) is 5.75 Å². The molecule has 4 nitrogen and oxygen atoms in total. The molecule has 1 aliphatic heterocycles. The van der Waals surface area contributed by atoms with Crippen molar-refractivity contribution in [2.45, 2.75) is 31.5 Å². The Hall–Kier alpha value is -1.62. The Bertz CT molecular complexity index is 463. The van der Waals surface area contributed by atoms with Gasteiger partial charge in [0, 0.05) is 12.5 Å². The molecule has 2 N–H and O–H groups in total. The molecular weight excluding hydrogens is 259 g/mol. The number of methoxy groups -OCH3 is 1. The number of ether oxygens (including phenoxy) is 1. The lowest BCUT2D eigenvalue weighted by molar-refractivity contribution is -0.132. The van der Waals surface area contributed by atoms with E-state index in [1.807, 2.05) is 31.2 Å². The molecule has 0 saturated carbocycles. The van der Waals surface area contributed by atoms with Crippen LogP contribution in [-0.4, -0.2) is 43.2 Å². The number of nitrogens with two attached hydrogens (primary N) is 1. The summed E-state index contributed by atoms with van der Waals surface area (Å²) in [7, 11) is 1.61. The van der Waals surface area contributed by atoms with Crippen LogP contribution in [0.1, 0.15) is 24.8 Å². The van der Waals surface area contributed by atoms with E-state index in [1.54, 1.807) is 7.11 Å². The average Bonchev–Trinajstić information content (AvgIpc) is 2.91.